The van der Waals surface area contributed by atoms with Gasteiger partial charge < -0.3 is 5.32 Å². The van der Waals surface area contributed by atoms with E-state index in [0.29, 0.717) is 12.3 Å². The summed E-state index contributed by atoms with van der Waals surface area (Å²) in [6.45, 7) is 6.40. The quantitative estimate of drug-likeness (QED) is 0.586. The van der Waals surface area contributed by atoms with Crippen LogP contribution < -0.4 is 5.32 Å². The molecule has 1 aliphatic rings. The Balaban J connectivity index is 2.63. The Labute approximate surface area is 62.0 Å². The third-order valence-corrected chi connectivity index (χ3v) is 2.57. The fourth-order valence-corrected chi connectivity index (χ4v) is 1.25. The van der Waals surface area contributed by atoms with Crippen LogP contribution in [0.5, 0.6) is 0 Å². The lowest BCUT2D eigenvalue weighted by atomic mass is 9.87. The van der Waals surface area contributed by atoms with E-state index in [1.807, 2.05) is 0 Å². The monoisotopic (exact) mass is 141 g/mol. The smallest absolute Gasteiger partial charge is 0.220 e. The van der Waals surface area contributed by atoms with Crippen LogP contribution in [0.15, 0.2) is 0 Å². The van der Waals surface area contributed by atoms with Crippen molar-refractivity contribution in [1.82, 2.24) is 5.32 Å². The molecule has 0 spiro atoms. The Bertz CT molecular complexity index is 153. The Kier molecular flexibility index (Phi) is 1.71. The maximum Gasteiger partial charge on any atom is 0.220 e. The Morgan fingerprint density at radius 3 is 2.40 bits per heavy atom. The molecule has 0 bridgehead atoms. The van der Waals surface area contributed by atoms with Gasteiger partial charge in [-0.05, 0) is 19.3 Å². The molecule has 58 valence electrons. The lowest BCUT2D eigenvalue weighted by Crippen LogP contribution is -2.42. The van der Waals surface area contributed by atoms with E-state index in [4.69, 9.17) is 0 Å². The van der Waals surface area contributed by atoms with Crippen molar-refractivity contribution >= 4 is 5.91 Å². The summed E-state index contributed by atoms with van der Waals surface area (Å²) >= 11 is 0. The number of hydrogen-bond donors (Lipinski definition) is 1. The minimum Gasteiger partial charge on any atom is -0.351 e. The lowest BCUT2D eigenvalue weighted by molar-refractivity contribution is -0.119. The van der Waals surface area contributed by atoms with E-state index >= 15 is 0 Å². The van der Waals surface area contributed by atoms with Crippen molar-refractivity contribution in [2.75, 3.05) is 0 Å². The summed E-state index contributed by atoms with van der Waals surface area (Å²) in [5.74, 6) is 0.746. The molecule has 0 aromatic carbocycles. The molecular weight excluding hydrogens is 126 g/mol. The van der Waals surface area contributed by atoms with Crippen LogP contribution in [0.25, 0.3) is 0 Å². The van der Waals surface area contributed by atoms with Crippen LogP contribution in [0.2, 0.25) is 0 Å². The number of hydrogen-bond acceptors (Lipinski definition) is 1. The van der Waals surface area contributed by atoms with Crippen LogP contribution in [-0.4, -0.2) is 11.4 Å². The minimum atomic E-state index is 0.0666. The molecule has 1 N–H and O–H groups in total. The molecule has 2 nitrogen and oxygen atoms in total. The van der Waals surface area contributed by atoms with Crippen molar-refractivity contribution in [3.8, 4) is 0 Å². The van der Waals surface area contributed by atoms with E-state index in [-0.39, 0.29) is 11.4 Å². The molecule has 0 aliphatic carbocycles. The molecule has 0 radical (unpaired) electrons. The highest BCUT2D eigenvalue weighted by Gasteiger charge is 2.35. The fourth-order valence-electron chi connectivity index (χ4n) is 1.25. The molecule has 1 saturated heterocycles. The molecule has 1 fully saturated rings. The Hall–Kier alpha value is -0.530. The Morgan fingerprint density at radius 1 is 1.60 bits per heavy atom. The molecule has 2 heteroatoms. The van der Waals surface area contributed by atoms with Crippen LogP contribution in [0, 0.1) is 5.92 Å². The molecule has 1 unspecified atom stereocenters. The average molecular weight is 141 g/mol. The van der Waals surface area contributed by atoms with E-state index in [9.17, 15) is 4.79 Å². The van der Waals surface area contributed by atoms with Gasteiger partial charge in [0.05, 0.1) is 0 Å². The molecule has 0 aromatic heterocycles. The van der Waals surface area contributed by atoms with Gasteiger partial charge in [-0.1, -0.05) is 13.8 Å². The van der Waals surface area contributed by atoms with Gasteiger partial charge in [-0.25, -0.2) is 0 Å². The van der Waals surface area contributed by atoms with Crippen LogP contribution >= 0.6 is 0 Å². The zero-order valence-electron chi connectivity index (χ0n) is 6.90. The van der Waals surface area contributed by atoms with Gasteiger partial charge in [0.2, 0.25) is 5.91 Å². The predicted molar refractivity (Wildman–Crippen MR) is 40.6 cm³/mol. The Morgan fingerprint density at radius 2 is 2.20 bits per heavy atom. The van der Waals surface area contributed by atoms with Crippen LogP contribution in [0.1, 0.15) is 33.6 Å². The lowest BCUT2D eigenvalue weighted by Gasteiger charge is -2.28. The number of carbonyl (C=O) groups excluding carboxylic acids is 1. The highest BCUT2D eigenvalue weighted by atomic mass is 16.2. The van der Waals surface area contributed by atoms with Crippen molar-refractivity contribution in [3.05, 3.63) is 0 Å². The molecule has 1 aliphatic heterocycles. The van der Waals surface area contributed by atoms with Gasteiger partial charge in [-0.15, -0.1) is 0 Å². The maximum absolute atomic E-state index is 10.9. The molecule has 0 aromatic rings. The van der Waals surface area contributed by atoms with Gasteiger partial charge in [0, 0.05) is 12.0 Å². The highest BCUT2D eigenvalue weighted by molar-refractivity contribution is 5.79. The maximum atomic E-state index is 10.9. The summed E-state index contributed by atoms with van der Waals surface area (Å²) in [6, 6.07) is 0. The second-order valence-electron chi connectivity index (χ2n) is 3.62. The first-order valence-electron chi connectivity index (χ1n) is 3.85. The van der Waals surface area contributed by atoms with Crippen molar-refractivity contribution < 1.29 is 4.79 Å². The SMILES string of the molecule is CC(C)C1(C)CCC(=O)N1. The summed E-state index contributed by atoms with van der Waals surface area (Å²) in [5, 5.41) is 2.99. The summed E-state index contributed by atoms with van der Waals surface area (Å²) in [6.07, 6.45) is 1.69. The second-order valence-corrected chi connectivity index (χ2v) is 3.62. The van der Waals surface area contributed by atoms with Gasteiger partial charge >= 0.3 is 0 Å². The van der Waals surface area contributed by atoms with Gasteiger partial charge in [0.25, 0.3) is 0 Å². The minimum absolute atomic E-state index is 0.0666. The molecule has 0 saturated carbocycles. The van der Waals surface area contributed by atoms with Crippen molar-refractivity contribution in [3.63, 3.8) is 0 Å². The standard InChI is InChI=1S/C8H15NO/c1-6(2)8(3)5-4-7(10)9-8/h6H,4-5H2,1-3H3,(H,9,10). The molecule has 1 amide bonds. The number of nitrogens with one attached hydrogen (secondary N) is 1. The van der Waals surface area contributed by atoms with E-state index < -0.39 is 0 Å². The van der Waals surface area contributed by atoms with E-state index in [2.05, 4.69) is 26.1 Å². The first-order chi connectivity index (χ1) is 4.54. The van der Waals surface area contributed by atoms with Crippen LogP contribution in [-0.2, 0) is 4.79 Å². The zero-order chi connectivity index (χ0) is 7.78. The number of carbonyl (C=O) groups is 1. The van der Waals surface area contributed by atoms with Crippen molar-refractivity contribution in [2.24, 2.45) is 5.92 Å². The summed E-state index contributed by atoms with van der Waals surface area (Å²) in [7, 11) is 0. The molecule has 1 heterocycles. The van der Waals surface area contributed by atoms with Crippen LogP contribution in [0.4, 0.5) is 0 Å². The first kappa shape index (κ1) is 7.58. The van der Waals surface area contributed by atoms with Gasteiger partial charge in [0.15, 0.2) is 0 Å². The van der Waals surface area contributed by atoms with E-state index in [1.54, 1.807) is 0 Å². The van der Waals surface area contributed by atoms with Crippen LogP contribution in [0.3, 0.4) is 0 Å². The summed E-state index contributed by atoms with van der Waals surface area (Å²) in [4.78, 5) is 10.9. The van der Waals surface area contributed by atoms with Gasteiger partial charge in [0.1, 0.15) is 0 Å². The third kappa shape index (κ3) is 1.15. The number of rotatable bonds is 1. The third-order valence-electron chi connectivity index (χ3n) is 2.57. The predicted octanol–water partition coefficient (Wildman–Crippen LogP) is 1.31. The zero-order valence-corrected chi connectivity index (χ0v) is 6.90. The molecule has 1 atom stereocenters. The average Bonchev–Trinajstić information content (AvgIpc) is 2.13. The fraction of sp³-hybridized carbons (Fsp3) is 0.875. The van der Waals surface area contributed by atoms with E-state index in [1.165, 1.54) is 0 Å². The van der Waals surface area contributed by atoms with Crippen molar-refractivity contribution in [2.45, 2.75) is 39.2 Å². The van der Waals surface area contributed by atoms with E-state index in [0.717, 1.165) is 6.42 Å². The summed E-state index contributed by atoms with van der Waals surface area (Å²) < 4.78 is 0. The second kappa shape index (κ2) is 2.26. The topological polar surface area (TPSA) is 29.1 Å². The first-order valence-corrected chi connectivity index (χ1v) is 3.85. The molecule has 1 rings (SSSR count). The normalized spacial score (nSPS) is 33.0. The van der Waals surface area contributed by atoms with Gasteiger partial charge in [-0.2, -0.15) is 0 Å². The molecule has 10 heavy (non-hydrogen) atoms. The van der Waals surface area contributed by atoms with Crippen molar-refractivity contribution in [1.29, 1.82) is 0 Å². The molecular formula is C8H15NO. The van der Waals surface area contributed by atoms with Gasteiger partial charge in [-0.3, -0.25) is 4.79 Å². The highest BCUT2D eigenvalue weighted by Crippen LogP contribution is 2.26. The largest absolute Gasteiger partial charge is 0.351 e. The number of amides is 1. The summed E-state index contributed by atoms with van der Waals surface area (Å²) in [5.41, 5.74) is 0.0666.